The number of carbonyl (C=O) groups is 2. The normalized spacial score (nSPS) is 27.4. The minimum absolute atomic E-state index is 0.0518. The van der Waals surface area contributed by atoms with E-state index < -0.39 is 11.7 Å². The molecule has 0 saturated heterocycles. The Kier molecular flexibility index (Phi) is 9.17. The molecule has 1 N–H and O–H groups in total. The first-order valence-electron chi connectivity index (χ1n) is 16.6. The minimum atomic E-state index is -1.04. The molecule has 3 aliphatic carbocycles. The van der Waals surface area contributed by atoms with Gasteiger partial charge in [-0.25, -0.2) is 9.18 Å². The Morgan fingerprint density at radius 1 is 1.11 bits per heavy atom. The summed E-state index contributed by atoms with van der Waals surface area (Å²) in [5.74, 6) is 1.27. The lowest BCUT2D eigenvalue weighted by Crippen LogP contribution is -2.53. The number of rotatable bonds is 9. The van der Waals surface area contributed by atoms with Crippen LogP contribution in [0.5, 0.6) is 5.75 Å². The summed E-state index contributed by atoms with van der Waals surface area (Å²) in [6, 6.07) is 15.5. The molecular formula is C38H44ClFN2O4. The topological polar surface area (TPSA) is 77.5 Å². The molecular weight excluding hydrogens is 603 g/mol. The molecule has 6 nitrogen and oxygen atoms in total. The number of fused-ring (bicyclic) bond motifs is 3. The van der Waals surface area contributed by atoms with Crippen LogP contribution in [0, 0.1) is 11.8 Å². The van der Waals surface area contributed by atoms with E-state index in [1.54, 1.807) is 13.1 Å². The maximum absolute atomic E-state index is 14.7. The van der Waals surface area contributed by atoms with Crippen molar-refractivity contribution in [2.45, 2.75) is 95.2 Å². The van der Waals surface area contributed by atoms with Gasteiger partial charge < -0.3 is 14.8 Å². The molecule has 0 radical (unpaired) electrons. The molecule has 1 saturated carbocycles. The van der Waals surface area contributed by atoms with Gasteiger partial charge in [-0.05, 0) is 123 Å². The highest BCUT2D eigenvalue weighted by atomic mass is 35.5. The molecule has 1 aromatic heterocycles. The molecule has 4 atom stereocenters. The molecule has 244 valence electrons. The van der Waals surface area contributed by atoms with Crippen molar-refractivity contribution in [3.63, 3.8) is 0 Å². The zero-order valence-electron chi connectivity index (χ0n) is 27.2. The summed E-state index contributed by atoms with van der Waals surface area (Å²) < 4.78 is 26.5. The van der Waals surface area contributed by atoms with Crippen LogP contribution in [0.25, 0.3) is 0 Å². The number of hydrogen-bond acceptors (Lipinski definition) is 6. The summed E-state index contributed by atoms with van der Waals surface area (Å²) in [5, 5.41) is 4.10. The maximum atomic E-state index is 14.7. The van der Waals surface area contributed by atoms with Gasteiger partial charge >= 0.3 is 5.97 Å². The number of esters is 1. The van der Waals surface area contributed by atoms with Crippen molar-refractivity contribution in [1.82, 2.24) is 4.98 Å². The zero-order chi connectivity index (χ0) is 32.6. The van der Waals surface area contributed by atoms with Gasteiger partial charge in [0.05, 0.1) is 19.4 Å². The van der Waals surface area contributed by atoms with Crippen LogP contribution in [0.15, 0.2) is 54.7 Å². The van der Waals surface area contributed by atoms with Crippen molar-refractivity contribution in [3.05, 3.63) is 87.7 Å². The fraction of sp³-hybridized carbons (Fsp3) is 0.500. The number of ketones is 1. The number of methoxy groups -OCH3 is 1. The van der Waals surface area contributed by atoms with Crippen LogP contribution in [0.2, 0.25) is 5.02 Å². The third-order valence-corrected chi connectivity index (χ3v) is 11.1. The Morgan fingerprint density at radius 3 is 2.61 bits per heavy atom. The monoisotopic (exact) mass is 646 g/mol. The number of nitrogens with one attached hydrogen (secondary N) is 1. The first kappa shape index (κ1) is 32.5. The van der Waals surface area contributed by atoms with Crippen molar-refractivity contribution in [1.29, 1.82) is 0 Å². The second-order valence-electron chi connectivity index (χ2n) is 13.9. The number of benzene rings is 2. The van der Waals surface area contributed by atoms with Gasteiger partial charge in [-0.2, -0.15) is 0 Å². The molecule has 0 aliphatic heterocycles. The Labute approximate surface area is 276 Å². The van der Waals surface area contributed by atoms with E-state index in [0.29, 0.717) is 42.5 Å². The lowest BCUT2D eigenvalue weighted by atomic mass is 9.59. The molecule has 3 aliphatic rings. The predicted molar refractivity (Wildman–Crippen MR) is 179 cm³/mol. The van der Waals surface area contributed by atoms with E-state index in [9.17, 15) is 14.0 Å². The molecule has 2 aromatic carbocycles. The second kappa shape index (κ2) is 13.0. The number of aromatic nitrogens is 1. The lowest BCUT2D eigenvalue weighted by Gasteiger charge is -2.48. The number of halogens is 2. The average molecular weight is 647 g/mol. The number of ether oxygens (including phenoxy) is 2. The summed E-state index contributed by atoms with van der Waals surface area (Å²) in [5.41, 5.74) is 4.40. The van der Waals surface area contributed by atoms with Crippen LogP contribution in [0.3, 0.4) is 0 Å². The third kappa shape index (κ3) is 6.03. The molecule has 0 unspecified atom stereocenters. The minimum Gasteiger partial charge on any atom is -0.493 e. The quantitative estimate of drug-likeness (QED) is 0.185. The highest BCUT2D eigenvalue weighted by molar-refractivity contribution is 6.30. The van der Waals surface area contributed by atoms with E-state index in [4.69, 9.17) is 21.1 Å². The van der Waals surface area contributed by atoms with Crippen molar-refractivity contribution < 1.29 is 23.5 Å². The number of carbonyl (C=O) groups excluding carboxylic acids is 2. The van der Waals surface area contributed by atoms with E-state index >= 15 is 0 Å². The summed E-state index contributed by atoms with van der Waals surface area (Å²) >= 11 is 6.28. The van der Waals surface area contributed by atoms with Gasteiger partial charge in [0.2, 0.25) is 0 Å². The van der Waals surface area contributed by atoms with Crippen molar-refractivity contribution >= 4 is 29.0 Å². The van der Waals surface area contributed by atoms with Gasteiger partial charge in [0.1, 0.15) is 17.5 Å². The number of nitrogens with zero attached hydrogens (tertiary/aromatic N) is 1. The largest absolute Gasteiger partial charge is 0.493 e. The predicted octanol–water partition coefficient (Wildman–Crippen LogP) is 8.96. The first-order valence-corrected chi connectivity index (χ1v) is 16.9. The Bertz CT molecular complexity index is 1620. The average Bonchev–Trinajstić information content (AvgIpc) is 3.33. The zero-order valence-corrected chi connectivity index (χ0v) is 28.0. The maximum Gasteiger partial charge on any atom is 0.331 e. The molecule has 1 heterocycles. The van der Waals surface area contributed by atoms with Crippen LogP contribution in [-0.2, 0) is 21.4 Å². The second-order valence-corrected chi connectivity index (χ2v) is 14.3. The first-order chi connectivity index (χ1) is 22.0. The van der Waals surface area contributed by atoms with Gasteiger partial charge in [-0.3, -0.25) is 9.78 Å². The molecule has 6 rings (SSSR count). The number of pyridine rings is 1. The van der Waals surface area contributed by atoms with E-state index in [2.05, 4.69) is 36.3 Å². The molecule has 0 bridgehead atoms. The fourth-order valence-electron chi connectivity index (χ4n) is 8.45. The van der Waals surface area contributed by atoms with Crippen LogP contribution < -0.4 is 10.1 Å². The Balaban J connectivity index is 1.25. The van der Waals surface area contributed by atoms with Gasteiger partial charge in [-0.15, -0.1) is 0 Å². The summed E-state index contributed by atoms with van der Waals surface area (Å²) in [6.07, 6.45) is 6.46. The summed E-state index contributed by atoms with van der Waals surface area (Å²) in [4.78, 5) is 30.2. The van der Waals surface area contributed by atoms with E-state index in [0.717, 1.165) is 54.7 Å². The number of Topliss-reactive ketones (excluding diaryl/α,β-unsaturated/α-hetero) is 1. The summed E-state index contributed by atoms with van der Waals surface area (Å²) in [6.45, 7) is 6.47. The molecule has 3 aromatic rings. The fourth-order valence-corrected chi connectivity index (χ4v) is 8.64. The molecule has 0 amide bonds. The standard InChI is InChI=1S/C38H44ClFN2O4/c1-23(22-46-33-12-17-41-35-32(40)11-8-24(2)34(33)35)18-28-19-27-10-9-26(25(3)43)20-31(27)37(28)13-15-38(16-14-37,36(44)45-4)42-30-7-5-6-29(39)21-30/h5-7,9-10,12,17,20-21,23-24,28,32,42H,8,11,13-16,18-19,22H2,1-4H3/t23-,24-,28+,32-,37?,38?/m1/s1. The summed E-state index contributed by atoms with van der Waals surface area (Å²) in [7, 11) is 1.44. The van der Waals surface area contributed by atoms with Crippen molar-refractivity contribution in [3.8, 4) is 5.75 Å². The number of hydrogen-bond donors (Lipinski definition) is 1. The highest BCUT2D eigenvalue weighted by Gasteiger charge is 2.54. The van der Waals surface area contributed by atoms with Crippen LogP contribution in [0.4, 0.5) is 10.1 Å². The van der Waals surface area contributed by atoms with Crippen molar-refractivity contribution in [2.24, 2.45) is 11.8 Å². The SMILES string of the molecule is COC(=O)C1(Nc2cccc(Cl)c2)CCC2(CC1)c1cc(C(C)=O)ccc1C[C@@H]2C[C@@H](C)COc1ccnc2c1[C@H](C)CC[C@H]2F. The van der Waals surface area contributed by atoms with Gasteiger partial charge in [0, 0.05) is 28.0 Å². The molecule has 8 heteroatoms. The molecule has 46 heavy (non-hydrogen) atoms. The highest BCUT2D eigenvalue weighted by Crippen LogP contribution is 2.56. The number of anilines is 1. The molecule has 1 fully saturated rings. The van der Waals surface area contributed by atoms with Crippen LogP contribution in [0.1, 0.15) is 111 Å². The lowest BCUT2D eigenvalue weighted by molar-refractivity contribution is -0.148. The van der Waals surface area contributed by atoms with E-state index in [1.165, 1.54) is 18.2 Å². The van der Waals surface area contributed by atoms with Crippen LogP contribution >= 0.6 is 11.6 Å². The van der Waals surface area contributed by atoms with Crippen LogP contribution in [-0.4, -0.2) is 36.0 Å². The Hall–Kier alpha value is -3.45. The smallest absolute Gasteiger partial charge is 0.331 e. The van der Waals surface area contributed by atoms with Gasteiger partial charge in [0.15, 0.2) is 5.78 Å². The van der Waals surface area contributed by atoms with Crippen molar-refractivity contribution in [2.75, 3.05) is 19.0 Å². The Morgan fingerprint density at radius 2 is 1.89 bits per heavy atom. The van der Waals surface area contributed by atoms with E-state index in [1.807, 2.05) is 36.4 Å². The van der Waals surface area contributed by atoms with E-state index in [-0.39, 0.29) is 29.0 Å². The number of alkyl halides is 1. The molecule has 1 spiro atoms. The van der Waals surface area contributed by atoms with Gasteiger partial charge in [-0.1, -0.05) is 43.6 Å². The third-order valence-electron chi connectivity index (χ3n) is 10.9. The van der Waals surface area contributed by atoms with Gasteiger partial charge in [0.25, 0.3) is 0 Å².